The second-order valence-electron chi connectivity index (χ2n) is 15.7. The maximum Gasteiger partial charge on any atom is 0.408 e. The van der Waals surface area contributed by atoms with Gasteiger partial charge in [-0.3, -0.25) is 14.4 Å². The molecule has 2 aromatic rings. The number of alkyl carbamates (subject to hydrolysis) is 2. The highest BCUT2D eigenvalue weighted by atomic mass is 16.6. The summed E-state index contributed by atoms with van der Waals surface area (Å²) in [5, 5.41) is 23.3. The van der Waals surface area contributed by atoms with Crippen LogP contribution in [0, 0.1) is 5.92 Å². The number of hydrogen-bond acceptors (Lipinski definition) is 8. The summed E-state index contributed by atoms with van der Waals surface area (Å²) >= 11 is 0. The standard InChI is InChI=1S/C41H61N5O9/c1-9-41(7,8)55-39(53)46-33(26-29-20-14-11-15-21-29)36(49)45-32(25-28-18-12-10-13-19-28)35(48)44-31(24-27(2)3)34(47)43-30(37(50)51)22-16-17-23-42-38(52)54-40(4,5)6/h10-15,18-21,27,30-33H,9,16-17,22-26H2,1-8H3,(H,42,52)(H,43,47)(H,44,48)(H,45,49)(H,46,53)(H,50,51). The zero-order chi connectivity index (χ0) is 41.2. The molecule has 0 spiro atoms. The van der Waals surface area contributed by atoms with Crippen LogP contribution in [-0.4, -0.2) is 82.9 Å². The summed E-state index contributed by atoms with van der Waals surface area (Å²) in [5.74, 6) is -3.29. The lowest BCUT2D eigenvalue weighted by molar-refractivity contribution is -0.142. The Hall–Kier alpha value is -5.14. The van der Waals surface area contributed by atoms with E-state index in [1.165, 1.54) is 0 Å². The van der Waals surface area contributed by atoms with E-state index in [1.807, 2.05) is 57.2 Å². The molecule has 2 rings (SSSR count). The average Bonchev–Trinajstić information content (AvgIpc) is 3.09. The number of unbranched alkanes of at least 4 members (excludes halogenated alkanes) is 1. The monoisotopic (exact) mass is 767 g/mol. The average molecular weight is 768 g/mol. The van der Waals surface area contributed by atoms with Crippen LogP contribution in [0.3, 0.4) is 0 Å². The molecule has 0 fully saturated rings. The van der Waals surface area contributed by atoms with E-state index in [0.29, 0.717) is 19.3 Å². The second kappa shape index (κ2) is 22.3. The van der Waals surface area contributed by atoms with Gasteiger partial charge in [0, 0.05) is 19.4 Å². The van der Waals surface area contributed by atoms with Crippen LogP contribution in [0.2, 0.25) is 0 Å². The number of rotatable bonds is 21. The zero-order valence-corrected chi connectivity index (χ0v) is 33.5. The highest BCUT2D eigenvalue weighted by molar-refractivity contribution is 5.95. The van der Waals surface area contributed by atoms with Crippen LogP contribution in [0.15, 0.2) is 60.7 Å². The van der Waals surface area contributed by atoms with E-state index in [-0.39, 0.29) is 38.1 Å². The third-order valence-electron chi connectivity index (χ3n) is 8.57. The fourth-order valence-electron chi connectivity index (χ4n) is 5.37. The summed E-state index contributed by atoms with van der Waals surface area (Å²) < 4.78 is 10.8. The van der Waals surface area contributed by atoms with Gasteiger partial charge < -0.3 is 41.2 Å². The first-order chi connectivity index (χ1) is 25.8. The summed E-state index contributed by atoms with van der Waals surface area (Å²) in [5.41, 5.74) is 0.0683. The normalized spacial score (nSPS) is 13.7. The highest BCUT2D eigenvalue weighted by Crippen LogP contribution is 2.15. The number of amides is 5. The molecular formula is C41H61N5O9. The quantitative estimate of drug-likeness (QED) is 0.0943. The minimum absolute atomic E-state index is 0.0644. The van der Waals surface area contributed by atoms with Crippen molar-refractivity contribution in [2.45, 2.75) is 136 Å². The third-order valence-corrected chi connectivity index (χ3v) is 8.57. The molecular weight excluding hydrogens is 706 g/mol. The molecule has 0 aromatic heterocycles. The first-order valence-electron chi connectivity index (χ1n) is 19.0. The fraction of sp³-hybridized carbons (Fsp3) is 0.561. The summed E-state index contributed by atoms with van der Waals surface area (Å²) in [7, 11) is 0. The van der Waals surface area contributed by atoms with Crippen LogP contribution >= 0.6 is 0 Å². The van der Waals surface area contributed by atoms with Gasteiger partial charge in [-0.05, 0) is 83.8 Å². The van der Waals surface area contributed by atoms with Crippen molar-refractivity contribution < 1.29 is 43.3 Å². The molecule has 0 heterocycles. The van der Waals surface area contributed by atoms with Crippen LogP contribution in [0.4, 0.5) is 9.59 Å². The molecule has 14 nitrogen and oxygen atoms in total. The van der Waals surface area contributed by atoms with E-state index in [9.17, 15) is 33.9 Å². The number of carboxylic acids is 1. The van der Waals surface area contributed by atoms with Crippen molar-refractivity contribution in [3.8, 4) is 0 Å². The molecule has 0 bridgehead atoms. The first kappa shape index (κ1) is 46.0. The Kier molecular flexibility index (Phi) is 18.6. The van der Waals surface area contributed by atoms with Crippen LogP contribution in [-0.2, 0) is 41.5 Å². The number of aliphatic carboxylic acids is 1. The lowest BCUT2D eigenvalue weighted by atomic mass is 9.99. The van der Waals surface area contributed by atoms with Gasteiger partial charge in [0.2, 0.25) is 17.7 Å². The molecule has 0 saturated heterocycles. The van der Waals surface area contributed by atoms with Crippen molar-refractivity contribution >= 4 is 35.9 Å². The van der Waals surface area contributed by atoms with Crippen molar-refractivity contribution in [3.05, 3.63) is 71.8 Å². The Bertz CT molecular complexity index is 1540. The molecule has 0 aliphatic rings. The largest absolute Gasteiger partial charge is 0.480 e. The molecule has 4 unspecified atom stereocenters. The lowest BCUT2D eigenvalue weighted by Gasteiger charge is -2.28. The molecule has 0 aliphatic carbocycles. The van der Waals surface area contributed by atoms with Crippen molar-refractivity contribution in [1.29, 1.82) is 0 Å². The van der Waals surface area contributed by atoms with Gasteiger partial charge in [-0.2, -0.15) is 0 Å². The number of hydrogen-bond donors (Lipinski definition) is 6. The van der Waals surface area contributed by atoms with Crippen molar-refractivity contribution in [2.24, 2.45) is 5.92 Å². The number of carbonyl (C=O) groups excluding carboxylic acids is 5. The van der Waals surface area contributed by atoms with Crippen LogP contribution < -0.4 is 26.6 Å². The molecule has 14 heteroatoms. The maximum atomic E-state index is 14.0. The fourth-order valence-corrected chi connectivity index (χ4v) is 5.37. The minimum atomic E-state index is -1.25. The van der Waals surface area contributed by atoms with E-state index < -0.39 is 71.2 Å². The summed E-state index contributed by atoms with van der Waals surface area (Å²) in [6, 6.07) is 13.5. The first-order valence-corrected chi connectivity index (χ1v) is 19.0. The smallest absolute Gasteiger partial charge is 0.408 e. The van der Waals surface area contributed by atoms with Gasteiger partial charge in [0.15, 0.2) is 0 Å². The number of nitrogens with one attached hydrogen (secondary N) is 5. The second-order valence-corrected chi connectivity index (χ2v) is 15.7. The van der Waals surface area contributed by atoms with Crippen molar-refractivity contribution in [2.75, 3.05) is 6.54 Å². The number of carboxylic acid groups (broad SMARTS) is 1. The Balaban J connectivity index is 2.25. The molecule has 6 N–H and O–H groups in total. The molecule has 2 aromatic carbocycles. The predicted molar refractivity (Wildman–Crippen MR) is 209 cm³/mol. The van der Waals surface area contributed by atoms with Crippen molar-refractivity contribution in [1.82, 2.24) is 26.6 Å². The Labute approximate surface area is 325 Å². The van der Waals surface area contributed by atoms with Crippen LogP contribution in [0.25, 0.3) is 0 Å². The SMILES string of the molecule is CCC(C)(C)OC(=O)NC(Cc1ccccc1)C(=O)NC(Cc1ccccc1)C(=O)NC(CC(C)C)C(=O)NC(CCCCNC(=O)OC(C)(C)C)C(=O)O. The zero-order valence-electron chi connectivity index (χ0n) is 33.5. The molecule has 5 amide bonds. The van der Waals surface area contributed by atoms with Gasteiger partial charge in [-0.25, -0.2) is 14.4 Å². The van der Waals surface area contributed by atoms with Gasteiger partial charge in [0.05, 0.1) is 0 Å². The van der Waals surface area contributed by atoms with E-state index >= 15 is 0 Å². The minimum Gasteiger partial charge on any atom is -0.480 e. The van der Waals surface area contributed by atoms with Gasteiger partial charge in [-0.1, -0.05) is 81.4 Å². The topological polar surface area (TPSA) is 201 Å². The van der Waals surface area contributed by atoms with E-state index in [2.05, 4.69) is 26.6 Å². The maximum absolute atomic E-state index is 14.0. The number of ether oxygens (including phenoxy) is 2. The molecule has 0 aliphatic heterocycles. The van der Waals surface area contributed by atoms with Gasteiger partial charge in [0.25, 0.3) is 0 Å². The van der Waals surface area contributed by atoms with E-state index in [1.54, 1.807) is 58.9 Å². The Morgan fingerprint density at radius 1 is 0.636 bits per heavy atom. The van der Waals surface area contributed by atoms with Gasteiger partial charge in [0.1, 0.15) is 35.4 Å². The lowest BCUT2D eigenvalue weighted by Crippen LogP contribution is -2.59. The molecule has 55 heavy (non-hydrogen) atoms. The summed E-state index contributed by atoms with van der Waals surface area (Å²) in [6.45, 7) is 14.6. The molecule has 304 valence electrons. The third kappa shape index (κ3) is 18.6. The summed E-state index contributed by atoms with van der Waals surface area (Å²) in [4.78, 5) is 78.6. The highest BCUT2D eigenvalue weighted by Gasteiger charge is 2.33. The van der Waals surface area contributed by atoms with Gasteiger partial charge >= 0.3 is 18.2 Å². The van der Waals surface area contributed by atoms with E-state index in [4.69, 9.17) is 9.47 Å². The molecule has 0 radical (unpaired) electrons. The molecule has 0 saturated carbocycles. The predicted octanol–water partition coefficient (Wildman–Crippen LogP) is 5.04. The van der Waals surface area contributed by atoms with Crippen LogP contribution in [0.5, 0.6) is 0 Å². The number of carbonyl (C=O) groups is 6. The molecule has 4 atom stereocenters. The van der Waals surface area contributed by atoms with Crippen molar-refractivity contribution in [3.63, 3.8) is 0 Å². The summed E-state index contributed by atoms with van der Waals surface area (Å²) in [6.07, 6.45) is 0.447. The van der Waals surface area contributed by atoms with Crippen LogP contribution in [0.1, 0.15) is 98.6 Å². The van der Waals surface area contributed by atoms with Gasteiger partial charge in [-0.15, -0.1) is 0 Å². The Morgan fingerprint density at radius 3 is 1.58 bits per heavy atom. The number of benzene rings is 2. The Morgan fingerprint density at radius 2 is 1.11 bits per heavy atom. The van der Waals surface area contributed by atoms with E-state index in [0.717, 1.165) is 11.1 Å².